The van der Waals surface area contributed by atoms with Gasteiger partial charge in [0.25, 0.3) is 0 Å². The summed E-state index contributed by atoms with van der Waals surface area (Å²) in [6, 6.07) is 8.51. The van der Waals surface area contributed by atoms with Gasteiger partial charge in [-0.3, -0.25) is 9.59 Å². The van der Waals surface area contributed by atoms with Crippen molar-refractivity contribution in [1.82, 2.24) is 24.9 Å². The number of carbonyl (C=O) groups is 3. The highest BCUT2D eigenvalue weighted by Crippen LogP contribution is 2.43. The number of hydrogen-bond acceptors (Lipinski definition) is 13. The predicted molar refractivity (Wildman–Crippen MR) is 218 cm³/mol. The molecule has 4 N–H and O–H groups in total. The Hall–Kier alpha value is -3.44. The lowest BCUT2D eigenvalue weighted by Crippen LogP contribution is -2.63. The van der Waals surface area contributed by atoms with Crippen LogP contribution in [0.15, 0.2) is 42.9 Å². The van der Waals surface area contributed by atoms with Gasteiger partial charge >= 0.3 is 12.1 Å². The van der Waals surface area contributed by atoms with E-state index in [-0.39, 0.29) is 24.0 Å². The van der Waals surface area contributed by atoms with Gasteiger partial charge in [0.05, 0.1) is 35.9 Å². The zero-order chi connectivity index (χ0) is 42.7. The highest BCUT2D eigenvalue weighted by atomic mass is 16.7. The van der Waals surface area contributed by atoms with E-state index in [1.54, 1.807) is 27.3 Å². The van der Waals surface area contributed by atoms with E-state index < -0.39 is 77.6 Å². The Bertz CT molecular complexity index is 1690. The van der Waals surface area contributed by atoms with Crippen LogP contribution in [0.3, 0.4) is 0 Å². The minimum Gasteiger partial charge on any atom is -0.458 e. The van der Waals surface area contributed by atoms with Crippen LogP contribution in [0, 0.1) is 23.7 Å². The van der Waals surface area contributed by atoms with Crippen LogP contribution >= 0.6 is 0 Å². The molecule has 324 valence electrons. The second-order valence-corrected chi connectivity index (χ2v) is 17.5. The topological polar surface area (TPSA) is 180 Å². The number of hydrazine groups is 1. The minimum atomic E-state index is -1.32. The van der Waals surface area contributed by atoms with Crippen molar-refractivity contribution in [3.05, 3.63) is 42.9 Å². The van der Waals surface area contributed by atoms with Crippen molar-refractivity contribution in [2.45, 2.75) is 148 Å². The summed E-state index contributed by atoms with van der Waals surface area (Å²) < 4.78 is 33.5. The molecule has 0 bridgehead atoms. The molecule has 3 aliphatic rings. The van der Waals surface area contributed by atoms with Crippen molar-refractivity contribution >= 4 is 17.8 Å². The summed E-state index contributed by atoms with van der Waals surface area (Å²) in [5, 5.41) is 13.0. The molecule has 1 unspecified atom stereocenters. The number of rotatable bonds is 11. The number of nitrogens with one attached hydrogen (secondary N) is 1. The number of likely N-dealkylation sites (N-methyl/N-ethyl adjacent to an activating group) is 1. The third-order valence-electron chi connectivity index (χ3n) is 13.0. The summed E-state index contributed by atoms with van der Waals surface area (Å²) in [6.45, 7) is 15.7. The van der Waals surface area contributed by atoms with Crippen LogP contribution in [-0.4, -0.2) is 130 Å². The molecule has 1 amide bonds. The first kappa shape index (κ1) is 45.6. The van der Waals surface area contributed by atoms with Gasteiger partial charge in [-0.05, 0) is 79.3 Å². The molecule has 15 nitrogen and oxygen atoms in total. The van der Waals surface area contributed by atoms with Gasteiger partial charge in [-0.15, -0.1) is 0 Å². The number of fused-ring (bicyclic) bond motifs is 1. The molecule has 3 fully saturated rings. The van der Waals surface area contributed by atoms with Gasteiger partial charge in [0.15, 0.2) is 17.7 Å². The van der Waals surface area contributed by atoms with E-state index in [2.05, 4.69) is 10.4 Å². The third kappa shape index (κ3) is 9.46. The van der Waals surface area contributed by atoms with Crippen molar-refractivity contribution in [2.75, 3.05) is 27.7 Å². The van der Waals surface area contributed by atoms with Gasteiger partial charge in [-0.25, -0.2) is 20.2 Å². The highest BCUT2D eigenvalue weighted by molar-refractivity contribution is 6.00. The number of imidazole rings is 1. The molecule has 5 rings (SSSR count). The zero-order valence-corrected chi connectivity index (χ0v) is 36.3. The van der Waals surface area contributed by atoms with Crippen molar-refractivity contribution < 1.29 is 43.2 Å². The Morgan fingerprint density at radius 3 is 2.41 bits per heavy atom. The zero-order valence-electron chi connectivity index (χ0n) is 36.3. The van der Waals surface area contributed by atoms with Gasteiger partial charge in [0.1, 0.15) is 18.1 Å². The monoisotopic (exact) mass is 813 g/mol. The lowest BCUT2D eigenvalue weighted by Gasteiger charge is -2.48. The number of nitrogens with zero attached hydrogens (tertiary/aromatic N) is 4. The molecule has 0 radical (unpaired) electrons. The number of carbonyl (C=O) groups excluding carboxylic acids is 3. The van der Waals surface area contributed by atoms with Crippen LogP contribution in [0.4, 0.5) is 4.79 Å². The normalized spacial score (nSPS) is 38.0. The number of aryl methyl sites for hydroxylation is 1. The lowest BCUT2D eigenvalue weighted by molar-refractivity contribution is -0.295. The molecule has 0 spiro atoms. The molecule has 15 heteroatoms. The number of cyclic esters (lactones) is 1. The summed E-state index contributed by atoms with van der Waals surface area (Å²) in [7, 11) is 5.35. The number of aliphatic hydroxyl groups is 1. The molecule has 1 aromatic carbocycles. The number of Topliss-reactive ketones (excluding diaryl/α,β-unsaturated/α-hetero) is 1. The maximum atomic E-state index is 14.3. The molecule has 1 aromatic heterocycles. The molecule has 58 heavy (non-hydrogen) atoms. The molecule has 14 atom stereocenters. The van der Waals surface area contributed by atoms with Gasteiger partial charge in [0, 0.05) is 50.0 Å². The fraction of sp³-hybridized carbons (Fsp3) is 0.721. The number of ether oxygens (including phenoxy) is 5. The van der Waals surface area contributed by atoms with E-state index in [1.807, 2.05) is 94.7 Å². The number of ketones is 1. The summed E-state index contributed by atoms with van der Waals surface area (Å²) in [5.41, 5.74) is 9.98. The maximum Gasteiger partial charge on any atom is 0.425 e. The number of aliphatic hydroxyl groups excluding tert-OH is 1. The third-order valence-corrected chi connectivity index (χ3v) is 13.0. The average molecular weight is 813 g/mol. The summed E-state index contributed by atoms with van der Waals surface area (Å²) >= 11 is 0. The van der Waals surface area contributed by atoms with Crippen molar-refractivity contribution in [3.8, 4) is 11.3 Å². The average Bonchev–Trinajstić information content (AvgIpc) is 3.78. The van der Waals surface area contributed by atoms with Crippen LogP contribution in [0.25, 0.3) is 11.3 Å². The largest absolute Gasteiger partial charge is 0.458 e. The number of hydrogen-bond donors (Lipinski definition) is 3. The van der Waals surface area contributed by atoms with Crippen molar-refractivity contribution in [2.24, 2.45) is 29.4 Å². The van der Waals surface area contributed by atoms with Crippen LogP contribution in [-0.2, 0) is 39.8 Å². The second kappa shape index (κ2) is 18.9. The maximum absolute atomic E-state index is 14.3. The first-order valence-corrected chi connectivity index (χ1v) is 20.9. The van der Waals surface area contributed by atoms with Gasteiger partial charge in [-0.2, -0.15) is 0 Å². The molecule has 2 aromatic rings. The van der Waals surface area contributed by atoms with Crippen LogP contribution in [0.5, 0.6) is 0 Å². The van der Waals surface area contributed by atoms with Crippen LogP contribution in [0.1, 0.15) is 81.1 Å². The number of benzene rings is 1. The van der Waals surface area contributed by atoms with Crippen molar-refractivity contribution in [3.63, 3.8) is 0 Å². The number of esters is 1. The van der Waals surface area contributed by atoms with Crippen LogP contribution in [0.2, 0.25) is 0 Å². The van der Waals surface area contributed by atoms with E-state index in [9.17, 15) is 19.5 Å². The summed E-state index contributed by atoms with van der Waals surface area (Å²) in [6.07, 6.45) is 0.942. The molecule has 4 heterocycles. The summed E-state index contributed by atoms with van der Waals surface area (Å²) in [5.74, 6) is -3.87. The first-order chi connectivity index (χ1) is 27.4. The Balaban J connectivity index is 1.43. The number of methoxy groups -OCH3 is 1. The fourth-order valence-corrected chi connectivity index (χ4v) is 9.46. The molecule has 3 aliphatic heterocycles. The molecular weight excluding hydrogens is 745 g/mol. The number of amides is 1. The van der Waals surface area contributed by atoms with Crippen molar-refractivity contribution in [1.29, 1.82) is 0 Å². The lowest BCUT2D eigenvalue weighted by atomic mass is 9.72. The van der Waals surface area contributed by atoms with E-state index in [1.165, 1.54) is 11.9 Å². The van der Waals surface area contributed by atoms with Gasteiger partial charge in [-0.1, -0.05) is 58.0 Å². The quantitative estimate of drug-likeness (QED) is 0.165. The first-order valence-electron chi connectivity index (χ1n) is 20.9. The molecular formula is C43H68N6O9. The Labute approximate surface area is 344 Å². The number of aromatic nitrogens is 2. The van der Waals surface area contributed by atoms with Gasteiger partial charge in [0.2, 0.25) is 0 Å². The van der Waals surface area contributed by atoms with E-state index in [4.69, 9.17) is 29.4 Å². The second-order valence-electron chi connectivity index (χ2n) is 17.5. The van der Waals surface area contributed by atoms with E-state index in [0.717, 1.165) is 11.3 Å². The predicted octanol–water partition coefficient (Wildman–Crippen LogP) is 4.41. The SMILES string of the molecule is CC[C@H]1OC(=O)[C@H](C)C(=O)[C@H](C)[C@@H](O[C@@H]2O[C@H](C)C[C@H](N(C)C)[C@H]2O)[C@@](C)(OC)C[C@@H](C)C(N)[C@H](C)[C@H]2N(NCCCn3cnc(-c4ccccc4)c3)C(=O)O[C@]12C. The standard InChI is InChI=1S/C43H68N6O9/c1-12-33-43(8)37(49(41(53)58-43)46-19-16-20-48-23-31(45-24-48)30-17-14-13-15-18-30)27(4)34(44)25(2)22-42(7,54-11)38(28(5)35(50)29(6)39(52)56-33)57-40-36(51)32(47(9)10)21-26(3)55-40/h13-15,17-18,23-29,32-34,36-38,40,46,51H,12,16,19-22,44H2,1-11H3/t25-,26-,27+,28+,29-,32+,33-,34?,36-,37-,38-,40+,42+,43-/m1/s1. The van der Waals surface area contributed by atoms with E-state index in [0.29, 0.717) is 38.8 Å². The molecule has 3 saturated heterocycles. The Morgan fingerprint density at radius 1 is 1.09 bits per heavy atom. The molecule has 0 saturated carbocycles. The highest BCUT2D eigenvalue weighted by Gasteiger charge is 2.60. The Kier molecular flexibility index (Phi) is 14.8. The number of nitrogens with two attached hydrogens (primary N) is 1. The van der Waals surface area contributed by atoms with E-state index >= 15 is 0 Å². The molecule has 0 aliphatic carbocycles. The van der Waals surface area contributed by atoms with Crippen LogP contribution < -0.4 is 11.2 Å². The van der Waals surface area contributed by atoms with Gasteiger partial charge < -0.3 is 44.0 Å². The fourth-order valence-electron chi connectivity index (χ4n) is 9.46. The smallest absolute Gasteiger partial charge is 0.425 e. The summed E-state index contributed by atoms with van der Waals surface area (Å²) in [4.78, 5) is 48.7. The minimum absolute atomic E-state index is 0.229. The Morgan fingerprint density at radius 2 is 1.78 bits per heavy atom.